The lowest BCUT2D eigenvalue weighted by molar-refractivity contribution is 0.0849. The van der Waals surface area contributed by atoms with E-state index in [-0.39, 0.29) is 0 Å². The summed E-state index contributed by atoms with van der Waals surface area (Å²) in [5.41, 5.74) is 3.27. The third-order valence-corrected chi connectivity index (χ3v) is 4.44. The quantitative estimate of drug-likeness (QED) is 0.719. The number of nitrogens with zero attached hydrogens (tertiary/aromatic N) is 3. The lowest BCUT2D eigenvalue weighted by atomic mass is 9.96. The number of halogens is 1. The van der Waals surface area contributed by atoms with E-state index in [0.29, 0.717) is 5.92 Å². The van der Waals surface area contributed by atoms with Crippen LogP contribution in [-0.2, 0) is 4.74 Å². The van der Waals surface area contributed by atoms with Crippen molar-refractivity contribution in [2.75, 3.05) is 13.2 Å². The maximum absolute atomic E-state index is 5.99. The standard InChI is InChI=1S/C17H16ClN3O/c18-14-3-1-13(2-4-14)17-20-16(12-5-9-22-10-6-12)15-11-19-7-8-21(15)17/h1-4,7-8,11-12H,5-6,9-10H2. The molecule has 1 fully saturated rings. The maximum Gasteiger partial charge on any atom is 0.144 e. The predicted molar refractivity (Wildman–Crippen MR) is 86.2 cm³/mol. The Morgan fingerprint density at radius 1 is 1.14 bits per heavy atom. The Morgan fingerprint density at radius 2 is 1.91 bits per heavy atom. The first kappa shape index (κ1) is 13.7. The molecular formula is C17H16ClN3O. The smallest absolute Gasteiger partial charge is 0.144 e. The molecule has 22 heavy (non-hydrogen) atoms. The largest absolute Gasteiger partial charge is 0.381 e. The Hall–Kier alpha value is -1.91. The first-order chi connectivity index (χ1) is 10.8. The Balaban J connectivity index is 1.86. The molecule has 0 N–H and O–H groups in total. The number of hydrogen-bond donors (Lipinski definition) is 0. The molecule has 1 aromatic carbocycles. The van der Waals surface area contributed by atoms with Crippen LogP contribution in [0.1, 0.15) is 24.5 Å². The highest BCUT2D eigenvalue weighted by Gasteiger charge is 2.23. The molecule has 3 aromatic rings. The first-order valence-corrected chi connectivity index (χ1v) is 7.86. The van der Waals surface area contributed by atoms with Crippen molar-refractivity contribution in [3.63, 3.8) is 0 Å². The molecule has 0 radical (unpaired) electrons. The zero-order valence-electron chi connectivity index (χ0n) is 12.1. The van der Waals surface area contributed by atoms with Crippen molar-refractivity contribution in [3.05, 3.63) is 53.6 Å². The number of imidazole rings is 1. The van der Waals surface area contributed by atoms with Gasteiger partial charge in [-0.3, -0.25) is 9.38 Å². The first-order valence-electron chi connectivity index (χ1n) is 7.48. The average Bonchev–Trinajstić information content (AvgIpc) is 2.96. The van der Waals surface area contributed by atoms with Crippen LogP contribution in [0.15, 0.2) is 42.9 Å². The SMILES string of the molecule is Clc1ccc(-c2nc(C3CCOCC3)c3cnccn23)cc1. The van der Waals surface area contributed by atoms with Crippen LogP contribution < -0.4 is 0 Å². The summed E-state index contributed by atoms with van der Waals surface area (Å²) in [5.74, 6) is 1.38. The summed E-state index contributed by atoms with van der Waals surface area (Å²) in [7, 11) is 0. The van der Waals surface area contributed by atoms with Crippen molar-refractivity contribution in [1.29, 1.82) is 0 Å². The van der Waals surface area contributed by atoms with E-state index < -0.39 is 0 Å². The van der Waals surface area contributed by atoms with Gasteiger partial charge in [0, 0.05) is 42.1 Å². The van der Waals surface area contributed by atoms with E-state index in [1.54, 1.807) is 6.20 Å². The van der Waals surface area contributed by atoms with Gasteiger partial charge < -0.3 is 4.74 Å². The van der Waals surface area contributed by atoms with Gasteiger partial charge >= 0.3 is 0 Å². The van der Waals surface area contributed by atoms with Gasteiger partial charge in [-0.1, -0.05) is 11.6 Å². The molecule has 4 nitrogen and oxygen atoms in total. The Bertz CT molecular complexity index is 791. The molecule has 0 aliphatic carbocycles. The van der Waals surface area contributed by atoms with Gasteiger partial charge in [0.05, 0.1) is 17.4 Å². The molecule has 3 heterocycles. The lowest BCUT2D eigenvalue weighted by Gasteiger charge is -2.20. The van der Waals surface area contributed by atoms with E-state index in [1.165, 1.54) is 0 Å². The van der Waals surface area contributed by atoms with Gasteiger partial charge in [0.25, 0.3) is 0 Å². The summed E-state index contributed by atoms with van der Waals surface area (Å²) in [5, 5.41) is 0.732. The van der Waals surface area contributed by atoms with Crippen molar-refractivity contribution in [3.8, 4) is 11.4 Å². The van der Waals surface area contributed by atoms with Gasteiger partial charge in [-0.25, -0.2) is 4.98 Å². The second kappa shape index (κ2) is 5.71. The van der Waals surface area contributed by atoms with Crippen molar-refractivity contribution in [2.45, 2.75) is 18.8 Å². The number of rotatable bonds is 2. The predicted octanol–water partition coefficient (Wildman–Crippen LogP) is 3.94. The van der Waals surface area contributed by atoms with Crippen LogP contribution >= 0.6 is 11.6 Å². The van der Waals surface area contributed by atoms with E-state index >= 15 is 0 Å². The molecular weight excluding hydrogens is 298 g/mol. The minimum atomic E-state index is 0.439. The number of aromatic nitrogens is 3. The van der Waals surface area contributed by atoms with Gasteiger partial charge in [0.2, 0.25) is 0 Å². The maximum atomic E-state index is 5.99. The molecule has 0 unspecified atom stereocenters. The average molecular weight is 314 g/mol. The molecule has 1 aliphatic rings. The molecule has 112 valence electrons. The van der Waals surface area contributed by atoms with Gasteiger partial charge in [0.15, 0.2) is 0 Å². The van der Waals surface area contributed by atoms with E-state index in [4.69, 9.17) is 21.3 Å². The fourth-order valence-electron chi connectivity index (χ4n) is 3.03. The second-order valence-corrected chi connectivity index (χ2v) is 5.98. The number of benzene rings is 1. The van der Waals surface area contributed by atoms with E-state index in [2.05, 4.69) is 9.38 Å². The van der Waals surface area contributed by atoms with Gasteiger partial charge in [0.1, 0.15) is 5.82 Å². The zero-order valence-corrected chi connectivity index (χ0v) is 12.8. The van der Waals surface area contributed by atoms with Crippen LogP contribution in [0.3, 0.4) is 0 Å². The second-order valence-electron chi connectivity index (χ2n) is 5.55. The van der Waals surface area contributed by atoms with Gasteiger partial charge in [-0.05, 0) is 37.1 Å². The molecule has 0 saturated carbocycles. The minimum absolute atomic E-state index is 0.439. The highest BCUT2D eigenvalue weighted by molar-refractivity contribution is 6.30. The summed E-state index contributed by atoms with van der Waals surface area (Å²) >= 11 is 5.99. The van der Waals surface area contributed by atoms with Crippen LogP contribution in [0, 0.1) is 0 Å². The fourth-order valence-corrected chi connectivity index (χ4v) is 3.16. The van der Waals surface area contributed by atoms with Gasteiger partial charge in [-0.2, -0.15) is 0 Å². The molecule has 2 aromatic heterocycles. The normalized spacial score (nSPS) is 16.2. The fraction of sp³-hybridized carbons (Fsp3) is 0.294. The molecule has 5 heteroatoms. The summed E-state index contributed by atoms with van der Waals surface area (Å²) in [6, 6.07) is 7.80. The monoisotopic (exact) mass is 313 g/mol. The highest BCUT2D eigenvalue weighted by Crippen LogP contribution is 2.32. The summed E-state index contributed by atoms with van der Waals surface area (Å²) in [4.78, 5) is 9.21. The van der Waals surface area contributed by atoms with E-state index in [0.717, 1.165) is 53.7 Å². The van der Waals surface area contributed by atoms with Gasteiger partial charge in [-0.15, -0.1) is 0 Å². The number of fused-ring (bicyclic) bond motifs is 1. The molecule has 0 bridgehead atoms. The van der Waals surface area contributed by atoms with Crippen LogP contribution in [0.25, 0.3) is 16.9 Å². The van der Waals surface area contributed by atoms with Crippen LogP contribution in [-0.4, -0.2) is 27.6 Å². The molecule has 1 aliphatic heterocycles. The molecule has 4 rings (SSSR count). The lowest BCUT2D eigenvalue weighted by Crippen LogP contribution is -2.14. The number of hydrogen-bond acceptors (Lipinski definition) is 3. The summed E-state index contributed by atoms with van der Waals surface area (Å²) in [6.07, 6.45) is 7.69. The van der Waals surface area contributed by atoms with Crippen molar-refractivity contribution >= 4 is 17.1 Å². The van der Waals surface area contributed by atoms with E-state index in [9.17, 15) is 0 Å². The zero-order chi connectivity index (χ0) is 14.9. The van der Waals surface area contributed by atoms with Crippen LogP contribution in [0.5, 0.6) is 0 Å². The molecule has 1 saturated heterocycles. The third-order valence-electron chi connectivity index (χ3n) is 4.19. The Labute approximate surface area is 133 Å². The molecule has 0 spiro atoms. The van der Waals surface area contributed by atoms with Crippen molar-refractivity contribution in [1.82, 2.24) is 14.4 Å². The Kier molecular flexibility index (Phi) is 3.56. The highest BCUT2D eigenvalue weighted by atomic mass is 35.5. The molecule has 0 amide bonds. The summed E-state index contributed by atoms with van der Waals surface area (Å²) < 4.78 is 7.59. The van der Waals surface area contributed by atoms with Crippen LogP contribution in [0.2, 0.25) is 5.02 Å². The molecule has 0 atom stereocenters. The van der Waals surface area contributed by atoms with E-state index in [1.807, 2.05) is 36.7 Å². The van der Waals surface area contributed by atoms with Crippen LogP contribution in [0.4, 0.5) is 0 Å². The third kappa shape index (κ3) is 2.38. The van der Waals surface area contributed by atoms with Crippen molar-refractivity contribution < 1.29 is 4.74 Å². The minimum Gasteiger partial charge on any atom is -0.381 e. The number of ether oxygens (including phenoxy) is 1. The summed E-state index contributed by atoms with van der Waals surface area (Å²) in [6.45, 7) is 1.61. The van der Waals surface area contributed by atoms with Crippen molar-refractivity contribution in [2.24, 2.45) is 0 Å². The topological polar surface area (TPSA) is 39.4 Å². The Morgan fingerprint density at radius 3 is 2.68 bits per heavy atom.